The zero-order valence-corrected chi connectivity index (χ0v) is 10.5. The molecule has 0 aromatic carbocycles. The van der Waals surface area contributed by atoms with Gasteiger partial charge in [-0.05, 0) is 35.0 Å². The lowest BCUT2D eigenvalue weighted by Crippen LogP contribution is -2.27. The van der Waals surface area contributed by atoms with Crippen LogP contribution in [0.25, 0.3) is 0 Å². The summed E-state index contributed by atoms with van der Waals surface area (Å²) in [5.41, 5.74) is 0.516. The lowest BCUT2D eigenvalue weighted by atomic mass is 10.2. The highest BCUT2D eigenvalue weighted by Crippen LogP contribution is 2.10. The van der Waals surface area contributed by atoms with E-state index in [4.69, 9.17) is 0 Å². The number of H-pyrrole nitrogens is 1. The normalized spacial score (nSPS) is 12.1. The van der Waals surface area contributed by atoms with Crippen molar-refractivity contribution in [2.24, 2.45) is 0 Å². The average Bonchev–Trinajstić information content (AvgIpc) is 2.82. The van der Waals surface area contributed by atoms with Crippen LogP contribution in [0.1, 0.15) is 29.1 Å². The van der Waals surface area contributed by atoms with Gasteiger partial charge in [-0.3, -0.25) is 4.79 Å². The lowest BCUT2D eigenvalue weighted by Gasteiger charge is -2.09. The van der Waals surface area contributed by atoms with Gasteiger partial charge in [0.15, 0.2) is 5.82 Å². The van der Waals surface area contributed by atoms with Crippen LogP contribution in [0.4, 0.5) is 0 Å². The lowest BCUT2D eigenvalue weighted by molar-refractivity contribution is 0.0938. The third-order valence-corrected chi connectivity index (χ3v) is 2.52. The molecule has 0 radical (unpaired) electrons. The first kappa shape index (κ1) is 11.6. The Kier molecular flexibility index (Phi) is 3.43. The number of halogens is 1. The maximum atomic E-state index is 11.9. The van der Waals surface area contributed by atoms with E-state index in [1.807, 2.05) is 0 Å². The molecule has 0 saturated carbocycles. The zero-order valence-electron chi connectivity index (χ0n) is 8.88. The van der Waals surface area contributed by atoms with Crippen molar-refractivity contribution in [3.05, 3.63) is 34.3 Å². The minimum atomic E-state index is -0.312. The maximum absolute atomic E-state index is 11.9. The monoisotopic (exact) mass is 296 g/mol. The number of hydrogen-bond donors (Lipinski definition) is 2. The van der Waals surface area contributed by atoms with Crippen LogP contribution in [-0.2, 0) is 0 Å². The number of nitrogens with one attached hydrogen (secondary N) is 2. The standard InChI is InChI=1S/C9H9BrN6O/c1-5(8-13-15-16-14-8)12-9(17)6-2-3-11-7(10)4-6/h2-5H,1H3,(H,12,17)(H,13,14,15,16). The Labute approximate surface area is 105 Å². The molecular formula is C9H9BrN6O. The summed E-state index contributed by atoms with van der Waals surface area (Å²) in [7, 11) is 0. The molecule has 1 amide bonds. The Morgan fingerprint density at radius 1 is 1.59 bits per heavy atom. The van der Waals surface area contributed by atoms with E-state index < -0.39 is 0 Å². The van der Waals surface area contributed by atoms with E-state index in [2.05, 4.69) is 46.9 Å². The second-order valence-electron chi connectivity index (χ2n) is 3.33. The third kappa shape index (κ3) is 2.84. The van der Waals surface area contributed by atoms with E-state index in [1.54, 1.807) is 25.3 Å². The average molecular weight is 297 g/mol. The van der Waals surface area contributed by atoms with Crippen LogP contribution in [-0.4, -0.2) is 31.5 Å². The summed E-state index contributed by atoms with van der Waals surface area (Å²) >= 11 is 3.20. The number of carbonyl (C=O) groups is 1. The number of amides is 1. The number of aromatic nitrogens is 5. The van der Waals surface area contributed by atoms with Crippen LogP contribution in [0.5, 0.6) is 0 Å². The summed E-state index contributed by atoms with van der Waals surface area (Å²) in [4.78, 5) is 15.8. The molecule has 17 heavy (non-hydrogen) atoms. The molecule has 2 aromatic rings. The fourth-order valence-electron chi connectivity index (χ4n) is 1.24. The van der Waals surface area contributed by atoms with Crippen molar-refractivity contribution < 1.29 is 4.79 Å². The second kappa shape index (κ2) is 5.00. The molecule has 2 heterocycles. The number of pyridine rings is 1. The second-order valence-corrected chi connectivity index (χ2v) is 4.14. The molecule has 2 N–H and O–H groups in total. The summed E-state index contributed by atoms with van der Waals surface area (Å²) in [5, 5.41) is 16.1. The summed E-state index contributed by atoms with van der Waals surface area (Å²) < 4.78 is 0.609. The highest BCUT2D eigenvalue weighted by molar-refractivity contribution is 9.10. The smallest absolute Gasteiger partial charge is 0.252 e. The minimum absolute atomic E-state index is 0.217. The number of nitrogens with zero attached hydrogens (tertiary/aromatic N) is 4. The first-order chi connectivity index (χ1) is 8.16. The first-order valence-electron chi connectivity index (χ1n) is 4.82. The van der Waals surface area contributed by atoms with E-state index in [0.29, 0.717) is 16.0 Å². The van der Waals surface area contributed by atoms with E-state index >= 15 is 0 Å². The highest BCUT2D eigenvalue weighted by Gasteiger charge is 2.14. The number of carbonyl (C=O) groups excluding carboxylic acids is 1. The molecule has 2 aromatic heterocycles. The summed E-state index contributed by atoms with van der Waals surface area (Å²) in [6, 6.07) is 2.95. The van der Waals surface area contributed by atoms with Crippen LogP contribution in [0, 0.1) is 0 Å². The van der Waals surface area contributed by atoms with Crippen LogP contribution < -0.4 is 5.32 Å². The van der Waals surface area contributed by atoms with Gasteiger partial charge in [-0.15, -0.1) is 10.2 Å². The fourth-order valence-corrected chi connectivity index (χ4v) is 1.61. The molecule has 0 spiro atoms. The molecule has 0 fully saturated rings. The van der Waals surface area contributed by atoms with Gasteiger partial charge in [0.05, 0.1) is 6.04 Å². The van der Waals surface area contributed by atoms with E-state index in [9.17, 15) is 4.79 Å². The zero-order chi connectivity index (χ0) is 12.3. The van der Waals surface area contributed by atoms with Crippen molar-refractivity contribution in [2.45, 2.75) is 13.0 Å². The van der Waals surface area contributed by atoms with Gasteiger partial charge in [0.2, 0.25) is 0 Å². The molecule has 0 aliphatic rings. The maximum Gasteiger partial charge on any atom is 0.252 e. The third-order valence-electron chi connectivity index (χ3n) is 2.09. The molecule has 7 nitrogen and oxygen atoms in total. The van der Waals surface area contributed by atoms with Gasteiger partial charge in [0.25, 0.3) is 5.91 Å². The SMILES string of the molecule is CC(NC(=O)c1ccnc(Br)c1)c1nn[nH]n1. The van der Waals surface area contributed by atoms with Gasteiger partial charge in [-0.1, -0.05) is 5.21 Å². The molecule has 0 aliphatic heterocycles. The molecule has 0 saturated heterocycles. The quantitative estimate of drug-likeness (QED) is 0.819. The summed E-state index contributed by atoms with van der Waals surface area (Å²) in [6.07, 6.45) is 1.55. The first-order valence-corrected chi connectivity index (χ1v) is 5.62. The predicted octanol–water partition coefficient (Wildman–Crippen LogP) is 0.848. The van der Waals surface area contributed by atoms with E-state index in [0.717, 1.165) is 0 Å². The molecular weight excluding hydrogens is 288 g/mol. The molecule has 0 bridgehead atoms. The van der Waals surface area contributed by atoms with Gasteiger partial charge >= 0.3 is 0 Å². The Bertz CT molecular complexity index is 514. The fraction of sp³-hybridized carbons (Fsp3) is 0.222. The minimum Gasteiger partial charge on any atom is -0.342 e. The Morgan fingerprint density at radius 3 is 3.06 bits per heavy atom. The number of rotatable bonds is 3. The van der Waals surface area contributed by atoms with Crippen molar-refractivity contribution in [1.82, 2.24) is 30.9 Å². The predicted molar refractivity (Wildman–Crippen MR) is 62.0 cm³/mol. The van der Waals surface area contributed by atoms with Crippen molar-refractivity contribution in [1.29, 1.82) is 0 Å². The van der Waals surface area contributed by atoms with Crippen molar-refractivity contribution in [3.8, 4) is 0 Å². The van der Waals surface area contributed by atoms with Gasteiger partial charge < -0.3 is 5.32 Å². The van der Waals surface area contributed by atoms with Crippen LogP contribution in [0.3, 0.4) is 0 Å². The van der Waals surface area contributed by atoms with Crippen LogP contribution >= 0.6 is 15.9 Å². The Morgan fingerprint density at radius 2 is 2.41 bits per heavy atom. The Balaban J connectivity index is 2.07. The number of aromatic amines is 1. The van der Waals surface area contributed by atoms with Gasteiger partial charge in [0.1, 0.15) is 4.60 Å². The molecule has 2 rings (SSSR count). The number of hydrogen-bond acceptors (Lipinski definition) is 5. The topological polar surface area (TPSA) is 96.5 Å². The highest BCUT2D eigenvalue weighted by atomic mass is 79.9. The molecule has 8 heteroatoms. The summed E-state index contributed by atoms with van der Waals surface area (Å²) in [6.45, 7) is 1.78. The largest absolute Gasteiger partial charge is 0.342 e. The molecule has 1 atom stereocenters. The van der Waals surface area contributed by atoms with Crippen molar-refractivity contribution in [2.75, 3.05) is 0 Å². The number of tetrazole rings is 1. The van der Waals surface area contributed by atoms with Gasteiger partial charge in [-0.25, -0.2) is 4.98 Å². The van der Waals surface area contributed by atoms with Gasteiger partial charge in [0, 0.05) is 11.8 Å². The van der Waals surface area contributed by atoms with Crippen LogP contribution in [0.2, 0.25) is 0 Å². The van der Waals surface area contributed by atoms with E-state index in [1.165, 1.54) is 0 Å². The van der Waals surface area contributed by atoms with Crippen molar-refractivity contribution in [3.63, 3.8) is 0 Å². The van der Waals surface area contributed by atoms with Crippen molar-refractivity contribution >= 4 is 21.8 Å². The molecule has 1 unspecified atom stereocenters. The van der Waals surface area contributed by atoms with E-state index in [-0.39, 0.29) is 11.9 Å². The van der Waals surface area contributed by atoms with Gasteiger partial charge in [-0.2, -0.15) is 5.21 Å². The van der Waals surface area contributed by atoms with Crippen LogP contribution in [0.15, 0.2) is 22.9 Å². The molecule has 0 aliphatic carbocycles. The molecule has 88 valence electrons. The Hall–Kier alpha value is -1.83. The summed E-state index contributed by atoms with van der Waals surface area (Å²) in [5.74, 6) is 0.219.